The Morgan fingerprint density at radius 2 is 2.04 bits per heavy atom. The number of rotatable bonds is 5. The Labute approximate surface area is 167 Å². The number of amides is 1. The number of piperidine rings is 1. The Balaban J connectivity index is 1.60. The van der Waals surface area contributed by atoms with Gasteiger partial charge in [-0.15, -0.1) is 0 Å². The average Bonchev–Trinajstić information content (AvgIpc) is 2.63. The molecule has 144 valence electrons. The normalized spacial score (nSPS) is 18.9. The van der Waals surface area contributed by atoms with Crippen LogP contribution in [0.15, 0.2) is 42.5 Å². The molecule has 0 spiro atoms. The van der Waals surface area contributed by atoms with Crippen LogP contribution in [0.3, 0.4) is 0 Å². The number of carbonyl (C=O) groups excluding carboxylic acids is 1. The molecule has 0 saturated carbocycles. The van der Waals surface area contributed by atoms with Gasteiger partial charge in [-0.3, -0.25) is 9.69 Å². The molecule has 4 heteroatoms. The molecule has 2 aromatic carbocycles. The number of hydrogen-bond donors (Lipinski definition) is 1. The van der Waals surface area contributed by atoms with E-state index in [0.29, 0.717) is 0 Å². The molecule has 0 aliphatic carbocycles. The van der Waals surface area contributed by atoms with Gasteiger partial charge >= 0.3 is 0 Å². The highest BCUT2D eigenvalue weighted by molar-refractivity contribution is 6.31. The van der Waals surface area contributed by atoms with Crippen LogP contribution in [0.4, 0.5) is 0 Å². The van der Waals surface area contributed by atoms with E-state index in [4.69, 9.17) is 11.6 Å². The van der Waals surface area contributed by atoms with Crippen LogP contribution >= 0.6 is 11.6 Å². The molecule has 3 rings (SSSR count). The molecule has 0 unspecified atom stereocenters. The number of nitrogens with one attached hydrogen (secondary N) is 1. The molecule has 1 fully saturated rings. The summed E-state index contributed by atoms with van der Waals surface area (Å²) in [6, 6.07) is 14.4. The largest absolute Gasteiger partial charge is 0.349 e. The predicted molar refractivity (Wildman–Crippen MR) is 112 cm³/mol. The van der Waals surface area contributed by atoms with Crippen LogP contribution in [0, 0.1) is 19.8 Å². The van der Waals surface area contributed by atoms with Crippen LogP contribution in [-0.2, 0) is 11.3 Å². The van der Waals surface area contributed by atoms with Crippen molar-refractivity contribution in [2.75, 3.05) is 13.1 Å². The van der Waals surface area contributed by atoms with E-state index in [0.717, 1.165) is 43.1 Å². The van der Waals surface area contributed by atoms with Gasteiger partial charge in [0.25, 0.3) is 0 Å². The maximum atomic E-state index is 12.9. The molecular formula is C23H29ClN2O. The third-order valence-electron chi connectivity index (χ3n) is 5.48. The lowest BCUT2D eigenvalue weighted by Gasteiger charge is -2.33. The minimum atomic E-state index is 0.0250. The van der Waals surface area contributed by atoms with Gasteiger partial charge in [0, 0.05) is 18.1 Å². The van der Waals surface area contributed by atoms with Gasteiger partial charge in [0.15, 0.2) is 0 Å². The van der Waals surface area contributed by atoms with Gasteiger partial charge in [0.2, 0.25) is 5.91 Å². The Morgan fingerprint density at radius 3 is 2.78 bits per heavy atom. The molecule has 1 heterocycles. The van der Waals surface area contributed by atoms with Gasteiger partial charge in [0.1, 0.15) is 0 Å². The van der Waals surface area contributed by atoms with E-state index in [1.54, 1.807) is 0 Å². The van der Waals surface area contributed by atoms with Crippen molar-refractivity contribution in [3.05, 3.63) is 69.7 Å². The predicted octanol–water partition coefficient (Wildman–Crippen LogP) is 5.05. The number of likely N-dealkylation sites (tertiary alicyclic amines) is 1. The minimum absolute atomic E-state index is 0.0250. The van der Waals surface area contributed by atoms with E-state index >= 15 is 0 Å². The molecule has 0 aromatic heterocycles. The topological polar surface area (TPSA) is 32.3 Å². The van der Waals surface area contributed by atoms with Crippen molar-refractivity contribution in [3.63, 3.8) is 0 Å². The third-order valence-corrected chi connectivity index (χ3v) is 5.85. The fourth-order valence-electron chi connectivity index (χ4n) is 4.00. The van der Waals surface area contributed by atoms with E-state index in [-0.39, 0.29) is 17.9 Å². The van der Waals surface area contributed by atoms with Crippen molar-refractivity contribution in [2.24, 2.45) is 5.92 Å². The van der Waals surface area contributed by atoms with Crippen molar-refractivity contribution in [1.29, 1.82) is 0 Å². The molecule has 3 nitrogen and oxygen atoms in total. The van der Waals surface area contributed by atoms with Crippen LogP contribution in [-0.4, -0.2) is 23.9 Å². The quantitative estimate of drug-likeness (QED) is 0.782. The fraction of sp³-hybridized carbons (Fsp3) is 0.435. The number of halogens is 1. The second-order valence-corrected chi connectivity index (χ2v) is 8.16. The summed E-state index contributed by atoms with van der Waals surface area (Å²) in [4.78, 5) is 15.2. The van der Waals surface area contributed by atoms with Gasteiger partial charge in [0.05, 0.1) is 12.0 Å². The second kappa shape index (κ2) is 8.90. The van der Waals surface area contributed by atoms with Crippen molar-refractivity contribution < 1.29 is 4.79 Å². The highest BCUT2D eigenvalue weighted by Gasteiger charge is 2.27. The van der Waals surface area contributed by atoms with Gasteiger partial charge in [-0.05, 0) is 62.9 Å². The third kappa shape index (κ3) is 5.12. The van der Waals surface area contributed by atoms with E-state index in [2.05, 4.69) is 55.3 Å². The number of hydrogen-bond acceptors (Lipinski definition) is 2. The van der Waals surface area contributed by atoms with Gasteiger partial charge < -0.3 is 5.32 Å². The molecule has 0 radical (unpaired) electrons. The maximum absolute atomic E-state index is 12.9. The lowest BCUT2D eigenvalue weighted by molar-refractivity contribution is -0.127. The van der Waals surface area contributed by atoms with Gasteiger partial charge in [-0.25, -0.2) is 0 Å². The van der Waals surface area contributed by atoms with Crippen molar-refractivity contribution in [2.45, 2.75) is 46.2 Å². The van der Waals surface area contributed by atoms with Crippen molar-refractivity contribution in [1.82, 2.24) is 10.2 Å². The highest BCUT2D eigenvalue weighted by Crippen LogP contribution is 2.24. The van der Waals surface area contributed by atoms with E-state index in [9.17, 15) is 4.79 Å². The molecule has 27 heavy (non-hydrogen) atoms. The smallest absolute Gasteiger partial charge is 0.224 e. The molecule has 1 amide bonds. The second-order valence-electron chi connectivity index (χ2n) is 7.76. The summed E-state index contributed by atoms with van der Waals surface area (Å²) in [5, 5.41) is 4.03. The molecule has 2 aromatic rings. The summed E-state index contributed by atoms with van der Waals surface area (Å²) in [6.45, 7) is 8.88. The average molecular weight is 385 g/mol. The monoisotopic (exact) mass is 384 g/mol. The highest BCUT2D eigenvalue weighted by atomic mass is 35.5. The van der Waals surface area contributed by atoms with Crippen LogP contribution in [0.2, 0.25) is 5.02 Å². The SMILES string of the molecule is Cc1ccc([C@@H](C)NC(=O)[C@@H]2CCCN(Cc3ccccc3Cl)C2)c(C)c1. The molecule has 1 N–H and O–H groups in total. The Hall–Kier alpha value is -1.84. The van der Waals surface area contributed by atoms with Crippen molar-refractivity contribution in [3.8, 4) is 0 Å². The fourth-order valence-corrected chi connectivity index (χ4v) is 4.20. The van der Waals surface area contributed by atoms with Gasteiger partial charge in [-0.1, -0.05) is 53.6 Å². The first kappa shape index (κ1) is 19.9. The number of nitrogens with zero attached hydrogens (tertiary/aromatic N) is 1. The zero-order valence-corrected chi connectivity index (χ0v) is 17.2. The van der Waals surface area contributed by atoms with Crippen LogP contribution in [0.5, 0.6) is 0 Å². The number of aryl methyl sites for hydroxylation is 2. The van der Waals surface area contributed by atoms with E-state index < -0.39 is 0 Å². The van der Waals surface area contributed by atoms with Crippen LogP contribution in [0.25, 0.3) is 0 Å². The summed E-state index contributed by atoms with van der Waals surface area (Å²) in [7, 11) is 0. The number of benzene rings is 2. The first-order valence-electron chi connectivity index (χ1n) is 9.77. The Kier molecular flexibility index (Phi) is 6.56. The molecular weight excluding hydrogens is 356 g/mol. The first-order valence-corrected chi connectivity index (χ1v) is 10.1. The zero-order valence-electron chi connectivity index (χ0n) is 16.5. The standard InChI is InChI=1S/C23H29ClN2O/c1-16-10-11-21(17(2)13-16)18(3)25-23(27)20-8-6-12-26(15-20)14-19-7-4-5-9-22(19)24/h4-5,7,9-11,13,18,20H,6,8,12,14-15H2,1-3H3,(H,25,27)/t18-,20-/m1/s1. The minimum Gasteiger partial charge on any atom is -0.349 e. The first-order chi connectivity index (χ1) is 12.9. The van der Waals surface area contributed by atoms with E-state index in [1.165, 1.54) is 16.7 Å². The van der Waals surface area contributed by atoms with Crippen molar-refractivity contribution >= 4 is 17.5 Å². The summed E-state index contributed by atoms with van der Waals surface area (Å²) in [5.74, 6) is 0.195. The summed E-state index contributed by atoms with van der Waals surface area (Å²) >= 11 is 6.30. The summed E-state index contributed by atoms with van der Waals surface area (Å²) in [6.07, 6.45) is 1.99. The Morgan fingerprint density at radius 1 is 1.26 bits per heavy atom. The molecule has 1 saturated heterocycles. The summed E-state index contributed by atoms with van der Waals surface area (Å²) in [5.41, 5.74) is 4.80. The molecule has 1 aliphatic rings. The number of carbonyl (C=O) groups is 1. The molecule has 0 bridgehead atoms. The summed E-state index contributed by atoms with van der Waals surface area (Å²) < 4.78 is 0. The van der Waals surface area contributed by atoms with Crippen LogP contribution < -0.4 is 5.32 Å². The lowest BCUT2D eigenvalue weighted by atomic mass is 9.95. The van der Waals surface area contributed by atoms with E-state index in [1.807, 2.05) is 18.2 Å². The zero-order chi connectivity index (χ0) is 19.4. The molecule has 2 atom stereocenters. The van der Waals surface area contributed by atoms with Crippen LogP contribution in [0.1, 0.15) is 48.1 Å². The molecule has 1 aliphatic heterocycles. The lowest BCUT2D eigenvalue weighted by Crippen LogP contribution is -2.43. The Bertz CT molecular complexity index is 805. The van der Waals surface area contributed by atoms with Gasteiger partial charge in [-0.2, -0.15) is 0 Å². The maximum Gasteiger partial charge on any atom is 0.224 e.